The molecular formula is C25H22F2N2O6. The second-order valence-corrected chi connectivity index (χ2v) is 9.56. The van der Waals surface area contributed by atoms with Crippen LogP contribution in [0.1, 0.15) is 47.3 Å². The molecule has 2 aliphatic heterocycles. The van der Waals surface area contributed by atoms with Gasteiger partial charge in [0.2, 0.25) is 0 Å². The van der Waals surface area contributed by atoms with Gasteiger partial charge in [-0.3, -0.25) is 4.79 Å². The van der Waals surface area contributed by atoms with Crippen LogP contribution in [0.25, 0.3) is 22.3 Å². The molecule has 2 N–H and O–H groups in total. The topological polar surface area (TPSA) is 111 Å². The highest BCUT2D eigenvalue weighted by Crippen LogP contribution is 2.48. The van der Waals surface area contributed by atoms with Crippen LogP contribution < -0.4 is 5.56 Å². The van der Waals surface area contributed by atoms with Crippen LogP contribution in [0.2, 0.25) is 0 Å². The molecule has 182 valence electrons. The van der Waals surface area contributed by atoms with Crippen LogP contribution in [0, 0.1) is 11.6 Å². The summed E-state index contributed by atoms with van der Waals surface area (Å²) in [7, 11) is 0. The van der Waals surface area contributed by atoms with Gasteiger partial charge < -0.3 is 24.3 Å². The van der Waals surface area contributed by atoms with Crippen molar-refractivity contribution in [1.29, 1.82) is 0 Å². The number of cyclic esters (lactones) is 1. The predicted octanol–water partition coefficient (Wildman–Crippen LogP) is 2.01. The Morgan fingerprint density at radius 1 is 1.26 bits per heavy atom. The summed E-state index contributed by atoms with van der Waals surface area (Å²) in [5.41, 5.74) is 2.11. The average molecular weight is 484 g/mol. The number of rotatable bonds is 4. The lowest BCUT2D eigenvalue weighted by molar-refractivity contribution is -0.157. The third-order valence-corrected chi connectivity index (χ3v) is 7.42. The minimum Gasteiger partial charge on any atom is -0.458 e. The number of carbonyl (C=O) groups excluding carboxylic acids is 1. The molecule has 6 rings (SSSR count). The number of carbonyl (C=O) groups is 1. The molecule has 1 aliphatic carbocycles. The van der Waals surface area contributed by atoms with Gasteiger partial charge in [-0.2, -0.15) is 0 Å². The van der Waals surface area contributed by atoms with Crippen molar-refractivity contribution in [2.24, 2.45) is 0 Å². The van der Waals surface area contributed by atoms with E-state index in [1.165, 1.54) is 4.57 Å². The zero-order chi connectivity index (χ0) is 24.6. The van der Waals surface area contributed by atoms with Crippen LogP contribution in [0.4, 0.5) is 8.78 Å². The average Bonchev–Trinajstić information content (AvgIpc) is 3.19. The standard InChI is InChI=1S/C25H22F2N2O6/c1-25(10-34-5-4-30)3-2-11-18-16(7-15(26)20(11)27)28-21-13(19(18)25)8-29-17(21)6-12-14(23(29)32)9-35-24(33)22(12)31/h6-7,22,30-31H,2-5,8-10H2,1H3. The van der Waals surface area contributed by atoms with Crippen LogP contribution in [0.3, 0.4) is 0 Å². The van der Waals surface area contributed by atoms with Gasteiger partial charge >= 0.3 is 5.97 Å². The van der Waals surface area contributed by atoms with Gasteiger partial charge in [0.05, 0.1) is 48.8 Å². The molecule has 2 unspecified atom stereocenters. The molecule has 0 bridgehead atoms. The highest BCUT2D eigenvalue weighted by Gasteiger charge is 2.41. The molecule has 3 aromatic rings. The van der Waals surface area contributed by atoms with Crippen molar-refractivity contribution < 1.29 is 33.3 Å². The fourth-order valence-electron chi connectivity index (χ4n) is 5.74. The summed E-state index contributed by atoms with van der Waals surface area (Å²) in [6, 6.07) is 2.62. The van der Waals surface area contributed by atoms with Crippen molar-refractivity contribution in [2.45, 2.75) is 44.4 Å². The Hall–Kier alpha value is -3.21. The van der Waals surface area contributed by atoms with Crippen molar-refractivity contribution in [3.63, 3.8) is 0 Å². The van der Waals surface area contributed by atoms with Crippen LogP contribution in [0.15, 0.2) is 16.9 Å². The Bertz CT molecular complexity index is 1500. The van der Waals surface area contributed by atoms with Crippen molar-refractivity contribution in [3.05, 3.63) is 61.9 Å². The van der Waals surface area contributed by atoms with E-state index in [4.69, 9.17) is 9.47 Å². The van der Waals surface area contributed by atoms with Crippen molar-refractivity contribution in [3.8, 4) is 11.4 Å². The summed E-state index contributed by atoms with van der Waals surface area (Å²) in [5.74, 6) is -2.73. The maximum absolute atomic E-state index is 14.9. The molecule has 0 spiro atoms. The Kier molecular flexibility index (Phi) is 4.86. The number of hydrogen-bond donors (Lipinski definition) is 2. The van der Waals surface area contributed by atoms with E-state index in [0.717, 1.165) is 11.6 Å². The number of pyridine rings is 2. The third kappa shape index (κ3) is 3.03. The Morgan fingerprint density at radius 3 is 2.83 bits per heavy atom. The van der Waals surface area contributed by atoms with Crippen molar-refractivity contribution in [1.82, 2.24) is 9.55 Å². The number of aryl methyl sites for hydroxylation is 1. The Balaban J connectivity index is 1.65. The first-order valence-corrected chi connectivity index (χ1v) is 11.4. The highest BCUT2D eigenvalue weighted by atomic mass is 19.2. The van der Waals surface area contributed by atoms with Gasteiger partial charge in [0.15, 0.2) is 17.7 Å². The van der Waals surface area contributed by atoms with Crippen LogP contribution >= 0.6 is 0 Å². The second-order valence-electron chi connectivity index (χ2n) is 9.56. The Morgan fingerprint density at radius 2 is 2.06 bits per heavy atom. The number of halogens is 2. The number of aliphatic hydroxyl groups is 2. The maximum Gasteiger partial charge on any atom is 0.340 e. The fourth-order valence-corrected chi connectivity index (χ4v) is 5.74. The first-order valence-electron chi connectivity index (χ1n) is 11.4. The molecule has 0 amide bonds. The SMILES string of the molecule is CC1(COCCO)CCc2c(F)c(F)cc3nc4c(c1c23)Cn1c-4cc2c(c1=O)COC(=O)C2O. The van der Waals surface area contributed by atoms with Gasteiger partial charge in [0, 0.05) is 33.6 Å². The molecule has 0 fully saturated rings. The molecule has 35 heavy (non-hydrogen) atoms. The number of ether oxygens (including phenoxy) is 2. The molecular weight excluding hydrogens is 462 g/mol. The van der Waals surface area contributed by atoms with E-state index >= 15 is 0 Å². The monoisotopic (exact) mass is 484 g/mol. The third-order valence-electron chi connectivity index (χ3n) is 7.42. The van der Waals surface area contributed by atoms with E-state index < -0.39 is 34.7 Å². The number of aliphatic hydroxyl groups excluding tert-OH is 2. The normalized spacial score (nSPS) is 22.1. The van der Waals surface area contributed by atoms with Crippen molar-refractivity contribution >= 4 is 16.9 Å². The van der Waals surface area contributed by atoms with E-state index in [1.807, 2.05) is 6.92 Å². The number of fused-ring (bicyclic) bond motifs is 5. The minimum absolute atomic E-state index is 0.134. The number of aromatic nitrogens is 2. The lowest BCUT2D eigenvalue weighted by atomic mass is 9.69. The summed E-state index contributed by atoms with van der Waals surface area (Å²) >= 11 is 0. The Labute approximate surface area is 197 Å². The van der Waals surface area contributed by atoms with Gasteiger partial charge in [-0.25, -0.2) is 18.6 Å². The molecule has 2 atom stereocenters. The van der Waals surface area contributed by atoms with Gasteiger partial charge in [-0.1, -0.05) is 6.92 Å². The minimum atomic E-state index is -1.59. The molecule has 0 saturated carbocycles. The molecule has 10 heteroatoms. The molecule has 3 aliphatic rings. The highest BCUT2D eigenvalue weighted by molar-refractivity contribution is 5.93. The van der Waals surface area contributed by atoms with E-state index in [2.05, 4.69) is 4.98 Å². The van der Waals surface area contributed by atoms with Gasteiger partial charge in [0.25, 0.3) is 5.56 Å². The fraction of sp³-hybridized carbons (Fsp3) is 0.400. The summed E-state index contributed by atoms with van der Waals surface area (Å²) in [4.78, 5) is 29.9. The summed E-state index contributed by atoms with van der Waals surface area (Å²) < 4.78 is 41.5. The molecule has 2 aromatic heterocycles. The molecule has 0 radical (unpaired) electrons. The summed E-state index contributed by atoms with van der Waals surface area (Å²) in [6.07, 6.45) is -0.824. The summed E-state index contributed by atoms with van der Waals surface area (Å²) in [6.45, 7) is 2.10. The summed E-state index contributed by atoms with van der Waals surface area (Å²) in [5, 5.41) is 20.1. The molecule has 8 nitrogen and oxygen atoms in total. The lowest BCUT2D eigenvalue weighted by Gasteiger charge is -2.37. The second kappa shape index (κ2) is 7.64. The zero-order valence-electron chi connectivity index (χ0n) is 18.9. The maximum atomic E-state index is 14.9. The molecule has 1 aromatic carbocycles. The predicted molar refractivity (Wildman–Crippen MR) is 119 cm³/mol. The lowest BCUT2D eigenvalue weighted by Crippen LogP contribution is -2.35. The zero-order valence-corrected chi connectivity index (χ0v) is 18.9. The van der Waals surface area contributed by atoms with E-state index in [-0.39, 0.29) is 55.2 Å². The first kappa shape index (κ1) is 22.3. The van der Waals surface area contributed by atoms with Gasteiger partial charge in [0.1, 0.15) is 6.61 Å². The van der Waals surface area contributed by atoms with E-state index in [1.54, 1.807) is 6.07 Å². The van der Waals surface area contributed by atoms with Gasteiger partial charge in [-0.05, 0) is 24.5 Å². The quantitative estimate of drug-likeness (QED) is 0.337. The number of nitrogens with zero attached hydrogens (tertiary/aromatic N) is 2. The van der Waals surface area contributed by atoms with Crippen LogP contribution in [-0.4, -0.2) is 45.6 Å². The number of esters is 1. The van der Waals surface area contributed by atoms with E-state index in [0.29, 0.717) is 35.2 Å². The first-order chi connectivity index (χ1) is 16.7. The van der Waals surface area contributed by atoms with E-state index in [9.17, 15) is 28.6 Å². The molecule has 0 saturated heterocycles. The van der Waals surface area contributed by atoms with Gasteiger partial charge in [-0.15, -0.1) is 0 Å². The molecule has 4 heterocycles. The number of benzene rings is 1. The van der Waals surface area contributed by atoms with Crippen molar-refractivity contribution in [2.75, 3.05) is 19.8 Å². The number of hydrogen-bond acceptors (Lipinski definition) is 7. The van der Waals surface area contributed by atoms with Crippen LogP contribution in [-0.2, 0) is 39.3 Å². The largest absolute Gasteiger partial charge is 0.458 e. The smallest absolute Gasteiger partial charge is 0.340 e. The van der Waals surface area contributed by atoms with Crippen LogP contribution in [0.5, 0.6) is 0 Å².